The van der Waals surface area contributed by atoms with Crippen molar-refractivity contribution in [3.05, 3.63) is 29.8 Å². The number of carbonyl (C=O) groups excluding carboxylic acids is 1. The molecule has 0 aromatic heterocycles. The summed E-state index contributed by atoms with van der Waals surface area (Å²) in [6.45, 7) is 6.09. The van der Waals surface area contributed by atoms with Crippen molar-refractivity contribution in [2.75, 3.05) is 37.6 Å². The lowest BCUT2D eigenvalue weighted by atomic mass is 9.86. The topological polar surface area (TPSA) is 47.9 Å². The van der Waals surface area contributed by atoms with Gasteiger partial charge in [0.25, 0.3) is 0 Å². The number of aliphatic imine (C=N–C) groups is 1. The van der Waals surface area contributed by atoms with Gasteiger partial charge >= 0.3 is 0 Å². The summed E-state index contributed by atoms with van der Waals surface area (Å²) in [4.78, 5) is 21.7. The molecule has 1 amide bonds. The van der Waals surface area contributed by atoms with Gasteiger partial charge in [-0.1, -0.05) is 31.0 Å². The highest BCUT2D eigenvalue weighted by Crippen LogP contribution is 2.45. The Bertz CT molecular complexity index is 693. The van der Waals surface area contributed by atoms with Gasteiger partial charge in [0.2, 0.25) is 5.91 Å². The van der Waals surface area contributed by atoms with Gasteiger partial charge in [-0.05, 0) is 49.7 Å². The molecule has 0 bridgehead atoms. The number of fused-ring (bicyclic) bond motifs is 1. The third kappa shape index (κ3) is 3.31. The van der Waals surface area contributed by atoms with Crippen molar-refractivity contribution in [3.8, 4) is 0 Å². The summed E-state index contributed by atoms with van der Waals surface area (Å²) in [5, 5.41) is 3.40. The van der Waals surface area contributed by atoms with Crippen molar-refractivity contribution >= 4 is 17.6 Å². The SMILES string of the molecule is CCNC(=NCC(=O)N1CCc2ccccc21)N1CCC2(CCCC2)C1. The number of amides is 1. The Morgan fingerprint density at radius 3 is 2.81 bits per heavy atom. The highest BCUT2D eigenvalue weighted by molar-refractivity contribution is 5.98. The molecular formula is C21H30N4O. The van der Waals surface area contributed by atoms with Crippen LogP contribution in [0.4, 0.5) is 5.69 Å². The van der Waals surface area contributed by atoms with Crippen molar-refractivity contribution in [3.63, 3.8) is 0 Å². The Labute approximate surface area is 156 Å². The number of hydrogen-bond donors (Lipinski definition) is 1. The molecule has 1 aromatic rings. The van der Waals surface area contributed by atoms with Gasteiger partial charge in [-0.15, -0.1) is 0 Å². The average Bonchev–Trinajstić information content (AvgIpc) is 3.39. The summed E-state index contributed by atoms with van der Waals surface area (Å²) in [5.41, 5.74) is 2.83. The largest absolute Gasteiger partial charge is 0.357 e. The lowest BCUT2D eigenvalue weighted by molar-refractivity contribution is -0.117. The number of guanidine groups is 1. The minimum atomic E-state index is 0.0973. The molecule has 2 fully saturated rings. The van der Waals surface area contributed by atoms with Crippen LogP contribution in [-0.2, 0) is 11.2 Å². The van der Waals surface area contributed by atoms with Crippen molar-refractivity contribution in [2.45, 2.75) is 45.4 Å². The number of carbonyl (C=O) groups is 1. The van der Waals surface area contributed by atoms with Crippen LogP contribution < -0.4 is 10.2 Å². The highest BCUT2D eigenvalue weighted by atomic mass is 16.2. The number of para-hydroxylation sites is 1. The van der Waals surface area contributed by atoms with E-state index in [0.717, 1.165) is 44.2 Å². The first-order chi connectivity index (χ1) is 12.7. The van der Waals surface area contributed by atoms with Gasteiger partial charge in [0.15, 0.2) is 5.96 Å². The van der Waals surface area contributed by atoms with Gasteiger partial charge in [-0.3, -0.25) is 4.79 Å². The van der Waals surface area contributed by atoms with Crippen molar-refractivity contribution < 1.29 is 4.79 Å². The number of benzene rings is 1. The van der Waals surface area contributed by atoms with Crippen LogP contribution in [0.2, 0.25) is 0 Å². The van der Waals surface area contributed by atoms with Crippen LogP contribution in [0.15, 0.2) is 29.3 Å². The molecule has 5 nitrogen and oxygen atoms in total. The van der Waals surface area contributed by atoms with Crippen molar-refractivity contribution in [2.24, 2.45) is 10.4 Å². The number of anilines is 1. The standard InChI is InChI=1S/C21H30N4O/c1-2-22-20(24-14-12-21(16-24)10-5-6-11-21)23-15-19(26)25-13-9-17-7-3-4-8-18(17)25/h3-4,7-8H,2,5-6,9-16H2,1H3,(H,22,23). The second kappa shape index (κ2) is 7.29. The molecule has 1 spiro atoms. The Morgan fingerprint density at radius 1 is 1.19 bits per heavy atom. The Hall–Kier alpha value is -2.04. The number of likely N-dealkylation sites (tertiary alicyclic amines) is 1. The first-order valence-corrected chi connectivity index (χ1v) is 10.1. The molecule has 140 valence electrons. The molecule has 4 rings (SSSR count). The molecule has 1 saturated heterocycles. The summed E-state index contributed by atoms with van der Waals surface area (Å²) < 4.78 is 0. The summed E-state index contributed by atoms with van der Waals surface area (Å²) in [7, 11) is 0. The van der Waals surface area contributed by atoms with E-state index in [2.05, 4.69) is 23.2 Å². The molecule has 1 saturated carbocycles. The number of nitrogens with zero attached hydrogens (tertiary/aromatic N) is 3. The molecule has 2 heterocycles. The van der Waals surface area contributed by atoms with Gasteiger partial charge in [0.05, 0.1) is 0 Å². The number of hydrogen-bond acceptors (Lipinski definition) is 2. The second-order valence-corrected chi connectivity index (χ2v) is 7.97. The summed E-state index contributed by atoms with van der Waals surface area (Å²) in [5.74, 6) is 1.01. The molecule has 0 radical (unpaired) electrons. The molecule has 26 heavy (non-hydrogen) atoms. The zero-order chi connectivity index (χ0) is 18.0. The van der Waals surface area contributed by atoms with E-state index >= 15 is 0 Å². The third-order valence-corrected chi connectivity index (χ3v) is 6.29. The van der Waals surface area contributed by atoms with Gasteiger partial charge in [0.1, 0.15) is 6.54 Å². The maximum atomic E-state index is 12.8. The van der Waals surface area contributed by atoms with E-state index in [1.807, 2.05) is 23.1 Å². The lowest BCUT2D eigenvalue weighted by Gasteiger charge is -2.26. The molecule has 1 aromatic carbocycles. The molecule has 5 heteroatoms. The van der Waals surface area contributed by atoms with Gasteiger partial charge in [0, 0.05) is 31.9 Å². The Balaban J connectivity index is 1.43. The second-order valence-electron chi connectivity index (χ2n) is 7.97. The number of nitrogens with one attached hydrogen (secondary N) is 1. The predicted molar refractivity (Wildman–Crippen MR) is 106 cm³/mol. The zero-order valence-electron chi connectivity index (χ0n) is 15.8. The summed E-state index contributed by atoms with van der Waals surface area (Å²) in [6, 6.07) is 8.20. The summed E-state index contributed by atoms with van der Waals surface area (Å²) in [6.07, 6.45) is 7.66. The lowest BCUT2D eigenvalue weighted by Crippen LogP contribution is -2.42. The van der Waals surface area contributed by atoms with E-state index in [4.69, 9.17) is 4.99 Å². The first kappa shape index (κ1) is 17.4. The monoisotopic (exact) mass is 354 g/mol. The molecule has 3 aliphatic rings. The quantitative estimate of drug-likeness (QED) is 0.671. The Morgan fingerprint density at radius 2 is 2.00 bits per heavy atom. The zero-order valence-corrected chi connectivity index (χ0v) is 15.8. The van der Waals surface area contributed by atoms with Crippen LogP contribution in [0, 0.1) is 5.41 Å². The van der Waals surface area contributed by atoms with Crippen LogP contribution in [-0.4, -0.2) is 49.5 Å². The fraction of sp³-hybridized carbons (Fsp3) is 0.619. The maximum Gasteiger partial charge on any atom is 0.248 e. The highest BCUT2D eigenvalue weighted by Gasteiger charge is 2.41. The van der Waals surface area contributed by atoms with E-state index in [1.54, 1.807) is 0 Å². The van der Waals surface area contributed by atoms with E-state index < -0.39 is 0 Å². The first-order valence-electron chi connectivity index (χ1n) is 10.1. The number of rotatable bonds is 3. The van der Waals surface area contributed by atoms with Gasteiger partial charge in [-0.2, -0.15) is 0 Å². The van der Waals surface area contributed by atoms with Crippen LogP contribution in [0.25, 0.3) is 0 Å². The third-order valence-electron chi connectivity index (χ3n) is 6.29. The molecule has 1 N–H and O–H groups in total. The Kier molecular flexibility index (Phi) is 4.88. The van der Waals surface area contributed by atoms with Crippen molar-refractivity contribution in [1.29, 1.82) is 0 Å². The van der Waals surface area contributed by atoms with Crippen LogP contribution in [0.1, 0.15) is 44.6 Å². The predicted octanol–water partition coefficient (Wildman–Crippen LogP) is 2.81. The molecule has 0 atom stereocenters. The normalized spacial score (nSPS) is 21.5. The summed E-state index contributed by atoms with van der Waals surface area (Å²) >= 11 is 0. The smallest absolute Gasteiger partial charge is 0.248 e. The van der Waals surface area contributed by atoms with Crippen molar-refractivity contribution in [1.82, 2.24) is 10.2 Å². The van der Waals surface area contributed by atoms with E-state index in [0.29, 0.717) is 5.41 Å². The van der Waals surface area contributed by atoms with Crippen LogP contribution >= 0.6 is 0 Å². The van der Waals surface area contributed by atoms with E-state index in [-0.39, 0.29) is 12.5 Å². The molecule has 2 aliphatic heterocycles. The minimum Gasteiger partial charge on any atom is -0.357 e. The molecule has 0 unspecified atom stereocenters. The maximum absolute atomic E-state index is 12.8. The molecule has 1 aliphatic carbocycles. The molecular weight excluding hydrogens is 324 g/mol. The average molecular weight is 354 g/mol. The van der Waals surface area contributed by atoms with E-state index in [9.17, 15) is 4.79 Å². The van der Waals surface area contributed by atoms with Gasteiger partial charge in [-0.25, -0.2) is 4.99 Å². The van der Waals surface area contributed by atoms with Crippen LogP contribution in [0.3, 0.4) is 0 Å². The fourth-order valence-electron chi connectivity index (χ4n) is 4.90. The van der Waals surface area contributed by atoms with E-state index in [1.165, 1.54) is 37.7 Å². The van der Waals surface area contributed by atoms with Gasteiger partial charge < -0.3 is 15.1 Å². The van der Waals surface area contributed by atoms with Crippen LogP contribution in [0.5, 0.6) is 0 Å². The fourth-order valence-corrected chi connectivity index (χ4v) is 4.90. The minimum absolute atomic E-state index is 0.0973.